The number of fused-ring (bicyclic) bond motifs is 2. The van der Waals surface area contributed by atoms with Crippen molar-refractivity contribution in [3.63, 3.8) is 0 Å². The molecule has 144 valence electrons. The lowest BCUT2D eigenvalue weighted by atomic mass is 10.0. The molecule has 5 rings (SSSR count). The first-order valence-electron chi connectivity index (χ1n) is 10.0. The molecule has 0 aliphatic carbocycles. The maximum Gasteiger partial charge on any atom is 0.266 e. The fraction of sp³-hybridized carbons (Fsp3) is 0.208. The van der Waals surface area contributed by atoms with Crippen molar-refractivity contribution in [2.24, 2.45) is 0 Å². The largest absolute Gasteiger partial charge is 0.336 e. The first-order valence-corrected chi connectivity index (χ1v) is 10.0. The van der Waals surface area contributed by atoms with Gasteiger partial charge in [0.1, 0.15) is 0 Å². The van der Waals surface area contributed by atoms with Gasteiger partial charge in [-0.1, -0.05) is 49.4 Å². The molecule has 2 aromatic carbocycles. The maximum absolute atomic E-state index is 13.1. The van der Waals surface area contributed by atoms with Crippen LogP contribution in [0.4, 0.5) is 5.95 Å². The van der Waals surface area contributed by atoms with Crippen LogP contribution < -0.4 is 10.5 Å². The van der Waals surface area contributed by atoms with Crippen LogP contribution in [0, 0.1) is 0 Å². The molecule has 1 aliphatic heterocycles. The Hall–Kier alpha value is -3.47. The molecule has 2 aromatic heterocycles. The fourth-order valence-corrected chi connectivity index (χ4v) is 4.07. The van der Waals surface area contributed by atoms with Gasteiger partial charge in [-0.05, 0) is 41.7 Å². The van der Waals surface area contributed by atoms with Gasteiger partial charge in [-0.25, -0.2) is 9.97 Å². The summed E-state index contributed by atoms with van der Waals surface area (Å²) in [5, 5.41) is 0.541. The molecule has 0 saturated heterocycles. The number of nitrogens with zero attached hydrogens (tertiary/aromatic N) is 4. The number of hydrogen-bond acceptors (Lipinski definition) is 4. The summed E-state index contributed by atoms with van der Waals surface area (Å²) in [6, 6.07) is 18.4. The summed E-state index contributed by atoms with van der Waals surface area (Å²) in [7, 11) is 0. The summed E-state index contributed by atoms with van der Waals surface area (Å²) in [4.78, 5) is 24.6. The summed E-state index contributed by atoms with van der Waals surface area (Å²) >= 11 is 0. The van der Waals surface area contributed by atoms with Gasteiger partial charge in [0.2, 0.25) is 5.95 Å². The van der Waals surface area contributed by atoms with Crippen LogP contribution in [0.5, 0.6) is 0 Å². The Morgan fingerprint density at radius 3 is 2.66 bits per heavy atom. The Morgan fingerprint density at radius 2 is 1.79 bits per heavy atom. The molecule has 0 atom stereocenters. The third kappa shape index (κ3) is 3.09. The van der Waals surface area contributed by atoms with Crippen molar-refractivity contribution in [2.75, 3.05) is 11.4 Å². The summed E-state index contributed by atoms with van der Waals surface area (Å²) < 4.78 is 1.70. The molecule has 3 heterocycles. The van der Waals surface area contributed by atoms with Gasteiger partial charge in [-0.2, -0.15) is 0 Å². The highest BCUT2D eigenvalue weighted by atomic mass is 16.1. The minimum Gasteiger partial charge on any atom is -0.336 e. The average molecular weight is 382 g/mol. The molecule has 0 amide bonds. The molecule has 0 unspecified atom stereocenters. The highest BCUT2D eigenvalue weighted by Crippen LogP contribution is 2.23. The predicted molar refractivity (Wildman–Crippen MR) is 116 cm³/mol. The average Bonchev–Trinajstić information content (AvgIpc) is 2.79. The molecule has 0 spiro atoms. The molecule has 5 nitrogen and oxygen atoms in total. The van der Waals surface area contributed by atoms with Crippen LogP contribution in [-0.2, 0) is 19.4 Å². The van der Waals surface area contributed by atoms with Crippen molar-refractivity contribution in [3.8, 4) is 5.69 Å². The molecular weight excluding hydrogens is 360 g/mol. The zero-order valence-corrected chi connectivity index (χ0v) is 16.4. The SMILES string of the molecule is CCc1ccccc1-n1ccc2nc(N3CCc4ccccc4C3)ncc2c1=O. The van der Waals surface area contributed by atoms with Crippen LogP contribution in [0.15, 0.2) is 71.8 Å². The van der Waals surface area contributed by atoms with E-state index in [-0.39, 0.29) is 5.56 Å². The summed E-state index contributed by atoms with van der Waals surface area (Å²) in [5.74, 6) is 0.679. The third-order valence-corrected chi connectivity index (χ3v) is 5.68. The van der Waals surface area contributed by atoms with Crippen LogP contribution >= 0.6 is 0 Å². The second-order valence-electron chi connectivity index (χ2n) is 7.38. The lowest BCUT2D eigenvalue weighted by Crippen LogP contribution is -2.32. The van der Waals surface area contributed by atoms with Crippen LogP contribution in [0.2, 0.25) is 0 Å². The van der Waals surface area contributed by atoms with E-state index < -0.39 is 0 Å². The lowest BCUT2D eigenvalue weighted by Gasteiger charge is -2.28. The van der Waals surface area contributed by atoms with E-state index in [9.17, 15) is 4.79 Å². The number of pyridine rings is 1. The minimum atomic E-state index is -0.0843. The van der Waals surface area contributed by atoms with Crippen molar-refractivity contribution < 1.29 is 0 Å². The Morgan fingerprint density at radius 1 is 1.00 bits per heavy atom. The van der Waals surface area contributed by atoms with Gasteiger partial charge >= 0.3 is 0 Å². The highest BCUT2D eigenvalue weighted by Gasteiger charge is 2.19. The van der Waals surface area contributed by atoms with Crippen LogP contribution in [0.3, 0.4) is 0 Å². The standard InChI is InChI=1S/C24H22N4O/c1-2-17-7-5-6-10-22(17)28-14-12-21-20(23(28)29)15-25-24(26-21)27-13-11-18-8-3-4-9-19(18)16-27/h3-10,12,14-15H,2,11,13,16H2,1H3. The number of aryl methyl sites for hydroxylation is 1. The Labute approximate surface area is 169 Å². The van der Waals surface area contributed by atoms with Gasteiger partial charge in [0, 0.05) is 25.5 Å². The molecule has 0 N–H and O–H groups in total. The van der Waals surface area contributed by atoms with E-state index in [0.717, 1.165) is 37.2 Å². The Kier molecular flexibility index (Phi) is 4.35. The Balaban J connectivity index is 1.54. The van der Waals surface area contributed by atoms with Crippen LogP contribution in [0.25, 0.3) is 16.6 Å². The van der Waals surface area contributed by atoms with Crippen molar-refractivity contribution in [3.05, 3.63) is 94.0 Å². The smallest absolute Gasteiger partial charge is 0.266 e. The first kappa shape index (κ1) is 17.6. The number of hydrogen-bond donors (Lipinski definition) is 0. The second kappa shape index (κ2) is 7.17. The summed E-state index contributed by atoms with van der Waals surface area (Å²) in [6.45, 7) is 3.77. The van der Waals surface area contributed by atoms with Gasteiger partial charge in [0.05, 0.1) is 16.6 Å². The summed E-state index contributed by atoms with van der Waals surface area (Å²) in [6.07, 6.45) is 5.34. The normalized spacial score (nSPS) is 13.5. The number of para-hydroxylation sites is 1. The Bertz CT molecular complexity index is 1260. The molecule has 1 aliphatic rings. The van der Waals surface area contributed by atoms with E-state index in [2.05, 4.69) is 47.1 Å². The second-order valence-corrected chi connectivity index (χ2v) is 7.38. The van der Waals surface area contributed by atoms with Crippen LogP contribution in [-0.4, -0.2) is 21.1 Å². The third-order valence-electron chi connectivity index (χ3n) is 5.68. The zero-order chi connectivity index (χ0) is 19.8. The zero-order valence-electron chi connectivity index (χ0n) is 16.4. The fourth-order valence-electron chi connectivity index (χ4n) is 4.07. The predicted octanol–water partition coefficient (Wildman–Crippen LogP) is 3.91. The van der Waals surface area contributed by atoms with E-state index in [1.54, 1.807) is 10.8 Å². The van der Waals surface area contributed by atoms with Crippen molar-refractivity contribution in [1.82, 2.24) is 14.5 Å². The molecule has 4 aromatic rings. The van der Waals surface area contributed by atoms with Crippen molar-refractivity contribution in [1.29, 1.82) is 0 Å². The molecule has 0 fully saturated rings. The van der Waals surface area contributed by atoms with Gasteiger partial charge in [0.15, 0.2) is 0 Å². The molecule has 0 saturated carbocycles. The van der Waals surface area contributed by atoms with Gasteiger partial charge in [-0.15, -0.1) is 0 Å². The van der Waals surface area contributed by atoms with E-state index >= 15 is 0 Å². The summed E-state index contributed by atoms with van der Waals surface area (Å²) in [5.41, 5.74) is 5.36. The van der Waals surface area contributed by atoms with E-state index in [1.165, 1.54) is 11.1 Å². The van der Waals surface area contributed by atoms with Crippen molar-refractivity contribution in [2.45, 2.75) is 26.3 Å². The molecule has 5 heteroatoms. The van der Waals surface area contributed by atoms with Gasteiger partial charge in [0.25, 0.3) is 5.56 Å². The number of aromatic nitrogens is 3. The van der Waals surface area contributed by atoms with E-state index in [4.69, 9.17) is 4.98 Å². The van der Waals surface area contributed by atoms with Crippen LogP contribution in [0.1, 0.15) is 23.6 Å². The monoisotopic (exact) mass is 382 g/mol. The molecule has 0 radical (unpaired) electrons. The van der Waals surface area contributed by atoms with Gasteiger partial charge < -0.3 is 4.90 Å². The highest BCUT2D eigenvalue weighted by molar-refractivity contribution is 5.78. The first-order chi connectivity index (χ1) is 14.2. The molecule has 0 bridgehead atoms. The number of anilines is 1. The maximum atomic E-state index is 13.1. The molecular formula is C24H22N4O. The molecule has 29 heavy (non-hydrogen) atoms. The van der Waals surface area contributed by atoms with Gasteiger partial charge in [-0.3, -0.25) is 9.36 Å². The van der Waals surface area contributed by atoms with Crippen molar-refractivity contribution >= 4 is 16.9 Å². The lowest BCUT2D eigenvalue weighted by molar-refractivity contribution is 0.710. The number of benzene rings is 2. The van der Waals surface area contributed by atoms with E-state index in [0.29, 0.717) is 16.9 Å². The van der Waals surface area contributed by atoms with E-state index in [1.807, 2.05) is 30.5 Å². The quantitative estimate of drug-likeness (QED) is 0.539. The number of rotatable bonds is 3. The minimum absolute atomic E-state index is 0.0843. The topological polar surface area (TPSA) is 51.0 Å².